The summed E-state index contributed by atoms with van der Waals surface area (Å²) < 4.78 is 4.90. The highest BCUT2D eigenvalue weighted by atomic mass is 16.5. The summed E-state index contributed by atoms with van der Waals surface area (Å²) in [4.78, 5) is 24.0. The lowest BCUT2D eigenvalue weighted by atomic mass is 9.42. The largest absolute Gasteiger partial charge is 0.469 e. The van der Waals surface area contributed by atoms with Gasteiger partial charge < -0.3 is 4.74 Å². The zero-order valence-corrected chi connectivity index (χ0v) is 20.0. The summed E-state index contributed by atoms with van der Waals surface area (Å²) >= 11 is 0. The van der Waals surface area contributed by atoms with Crippen LogP contribution in [0.4, 0.5) is 0 Å². The van der Waals surface area contributed by atoms with Crippen molar-refractivity contribution >= 4 is 11.8 Å². The second kappa shape index (κ2) is 8.24. The van der Waals surface area contributed by atoms with E-state index in [1.54, 1.807) is 0 Å². The number of Topliss-reactive ketones (excluding diaryl/α,β-unsaturated/α-hetero) is 1. The van der Waals surface area contributed by atoms with Crippen LogP contribution in [0.25, 0.3) is 0 Å². The molecule has 4 saturated carbocycles. The van der Waals surface area contributed by atoms with Crippen LogP contribution in [0.1, 0.15) is 98.3 Å². The van der Waals surface area contributed by atoms with Crippen LogP contribution in [0.2, 0.25) is 0 Å². The van der Waals surface area contributed by atoms with Crippen LogP contribution >= 0.6 is 0 Å². The molecule has 4 rings (SSSR count). The number of ketones is 1. The van der Waals surface area contributed by atoms with Crippen LogP contribution in [0.3, 0.4) is 0 Å². The van der Waals surface area contributed by atoms with E-state index in [0.29, 0.717) is 34.9 Å². The van der Waals surface area contributed by atoms with E-state index in [1.165, 1.54) is 45.6 Å². The molecule has 0 amide bonds. The highest BCUT2D eigenvalue weighted by Gasteiger charge is 2.62. The number of fused-ring (bicyclic) bond motifs is 5. The molecule has 3 nitrogen and oxygen atoms in total. The van der Waals surface area contributed by atoms with Gasteiger partial charge in [0.2, 0.25) is 0 Å². The summed E-state index contributed by atoms with van der Waals surface area (Å²) in [5.74, 6) is 5.67. The summed E-state index contributed by atoms with van der Waals surface area (Å²) in [5.41, 5.74) is 0.816. The van der Waals surface area contributed by atoms with Crippen LogP contribution in [-0.4, -0.2) is 18.9 Å². The van der Waals surface area contributed by atoms with Gasteiger partial charge in [0.1, 0.15) is 5.78 Å². The SMILES string of the molecule is CC[C@H]1CC2C3CCC([C@H](C)CCC(=O)OC)[C@@]3(C)CCC2[C@@]2(C)CCC(=O)C[C@@H]12. The van der Waals surface area contributed by atoms with Crippen LogP contribution in [0.15, 0.2) is 0 Å². The maximum Gasteiger partial charge on any atom is 0.305 e. The molecule has 0 radical (unpaired) electrons. The second-order valence-electron chi connectivity index (χ2n) is 12.0. The van der Waals surface area contributed by atoms with Gasteiger partial charge in [0.25, 0.3) is 0 Å². The van der Waals surface area contributed by atoms with Gasteiger partial charge in [-0.05, 0) is 97.2 Å². The fraction of sp³-hybridized carbons (Fsp3) is 0.926. The minimum Gasteiger partial charge on any atom is -0.469 e. The first-order chi connectivity index (χ1) is 14.2. The monoisotopic (exact) mass is 416 g/mol. The number of hydrogen-bond donors (Lipinski definition) is 0. The van der Waals surface area contributed by atoms with Gasteiger partial charge in [-0.15, -0.1) is 0 Å². The Morgan fingerprint density at radius 1 is 1.10 bits per heavy atom. The lowest BCUT2D eigenvalue weighted by Gasteiger charge is -2.62. The molecule has 4 aliphatic carbocycles. The van der Waals surface area contributed by atoms with Crippen molar-refractivity contribution in [1.82, 2.24) is 0 Å². The van der Waals surface area contributed by atoms with Crippen molar-refractivity contribution < 1.29 is 14.3 Å². The molecule has 0 aromatic heterocycles. The van der Waals surface area contributed by atoms with Gasteiger partial charge in [-0.25, -0.2) is 0 Å². The molecule has 4 aliphatic rings. The third kappa shape index (κ3) is 3.47. The zero-order valence-electron chi connectivity index (χ0n) is 20.0. The van der Waals surface area contributed by atoms with Crippen LogP contribution in [-0.2, 0) is 14.3 Å². The lowest BCUT2D eigenvalue weighted by Crippen LogP contribution is -2.56. The molecule has 30 heavy (non-hydrogen) atoms. The van der Waals surface area contributed by atoms with Gasteiger partial charge >= 0.3 is 5.97 Å². The van der Waals surface area contributed by atoms with E-state index in [0.717, 1.165) is 55.3 Å². The standard InChI is InChI=1S/C27H44O3/c1-6-18-15-20-22-9-8-21(17(2)7-10-25(29)30-5)26(22,3)14-12-23(20)27(4)13-11-19(28)16-24(18)27/h17-18,20-24H,6-16H2,1-5H3/t17-,18+,20?,21?,22?,23?,24+,26-,27-/m1/s1. The summed E-state index contributed by atoms with van der Waals surface area (Å²) in [7, 11) is 1.50. The lowest BCUT2D eigenvalue weighted by molar-refractivity contribution is -0.152. The Balaban J connectivity index is 1.54. The fourth-order valence-electron chi connectivity index (χ4n) is 9.36. The third-order valence-electron chi connectivity index (χ3n) is 11.0. The molecule has 4 fully saturated rings. The summed E-state index contributed by atoms with van der Waals surface area (Å²) in [6, 6.07) is 0. The Hall–Kier alpha value is -0.860. The van der Waals surface area contributed by atoms with Crippen molar-refractivity contribution in [2.75, 3.05) is 7.11 Å². The second-order valence-corrected chi connectivity index (χ2v) is 12.0. The van der Waals surface area contributed by atoms with E-state index in [9.17, 15) is 9.59 Å². The van der Waals surface area contributed by atoms with Crippen LogP contribution in [0.5, 0.6) is 0 Å². The van der Waals surface area contributed by atoms with E-state index in [1.807, 2.05) is 0 Å². The topological polar surface area (TPSA) is 43.4 Å². The Morgan fingerprint density at radius 3 is 2.53 bits per heavy atom. The first-order valence-corrected chi connectivity index (χ1v) is 12.8. The molecule has 0 N–H and O–H groups in total. The molecule has 0 heterocycles. The van der Waals surface area contributed by atoms with Gasteiger partial charge in [-0.3, -0.25) is 9.59 Å². The number of methoxy groups -OCH3 is 1. The van der Waals surface area contributed by atoms with Crippen molar-refractivity contribution in [3.05, 3.63) is 0 Å². The average Bonchev–Trinajstić information content (AvgIpc) is 3.09. The number of rotatable bonds is 5. The van der Waals surface area contributed by atoms with Crippen LogP contribution < -0.4 is 0 Å². The molecule has 4 unspecified atom stereocenters. The normalized spacial score (nSPS) is 46.5. The Kier molecular flexibility index (Phi) is 6.14. The molecule has 0 aromatic rings. The molecule has 9 atom stereocenters. The number of carbonyl (C=O) groups is 2. The van der Waals surface area contributed by atoms with E-state index < -0.39 is 0 Å². The Bertz CT molecular complexity index is 671. The van der Waals surface area contributed by atoms with Crippen molar-refractivity contribution in [2.45, 2.75) is 98.3 Å². The predicted molar refractivity (Wildman–Crippen MR) is 120 cm³/mol. The zero-order chi connectivity index (χ0) is 21.7. The van der Waals surface area contributed by atoms with Crippen molar-refractivity contribution in [3.8, 4) is 0 Å². The van der Waals surface area contributed by atoms with E-state index in [4.69, 9.17) is 4.74 Å². The minimum absolute atomic E-state index is 0.0610. The maximum absolute atomic E-state index is 12.3. The Morgan fingerprint density at radius 2 is 1.83 bits per heavy atom. The van der Waals surface area contributed by atoms with E-state index >= 15 is 0 Å². The highest BCUT2D eigenvalue weighted by Crippen LogP contribution is 2.69. The average molecular weight is 417 g/mol. The van der Waals surface area contributed by atoms with Gasteiger partial charge in [0.05, 0.1) is 7.11 Å². The van der Waals surface area contributed by atoms with Gasteiger partial charge in [0.15, 0.2) is 0 Å². The third-order valence-corrected chi connectivity index (χ3v) is 11.0. The maximum atomic E-state index is 12.3. The van der Waals surface area contributed by atoms with Gasteiger partial charge in [0, 0.05) is 19.3 Å². The smallest absolute Gasteiger partial charge is 0.305 e. The molecule has 0 saturated heterocycles. The fourth-order valence-corrected chi connectivity index (χ4v) is 9.36. The number of esters is 1. The summed E-state index contributed by atoms with van der Waals surface area (Å²) in [6.45, 7) is 9.91. The predicted octanol–water partition coefficient (Wildman–Crippen LogP) is 6.44. The van der Waals surface area contributed by atoms with Crippen LogP contribution in [0, 0.1) is 52.3 Å². The molecule has 3 heteroatoms. The first-order valence-electron chi connectivity index (χ1n) is 12.8. The van der Waals surface area contributed by atoms with E-state index in [-0.39, 0.29) is 5.97 Å². The Labute approximate surface area is 184 Å². The summed E-state index contributed by atoms with van der Waals surface area (Å²) in [5, 5.41) is 0. The highest BCUT2D eigenvalue weighted by molar-refractivity contribution is 5.79. The number of carbonyl (C=O) groups excluding carboxylic acids is 2. The van der Waals surface area contributed by atoms with Crippen molar-refractivity contribution in [2.24, 2.45) is 52.3 Å². The quantitative estimate of drug-likeness (QED) is 0.484. The molecular formula is C27H44O3. The van der Waals surface area contributed by atoms with E-state index in [2.05, 4.69) is 27.7 Å². The molecule has 0 bridgehead atoms. The summed E-state index contributed by atoms with van der Waals surface area (Å²) in [6.07, 6.45) is 12.3. The van der Waals surface area contributed by atoms with Crippen molar-refractivity contribution in [3.63, 3.8) is 0 Å². The van der Waals surface area contributed by atoms with Gasteiger partial charge in [-0.1, -0.05) is 34.1 Å². The first kappa shape index (κ1) is 22.3. The number of ether oxygens (including phenoxy) is 1. The number of hydrogen-bond acceptors (Lipinski definition) is 3. The van der Waals surface area contributed by atoms with Gasteiger partial charge in [-0.2, -0.15) is 0 Å². The molecular weight excluding hydrogens is 372 g/mol. The minimum atomic E-state index is -0.0610. The molecule has 0 aliphatic heterocycles. The molecule has 0 spiro atoms. The molecule has 0 aromatic carbocycles. The van der Waals surface area contributed by atoms with Crippen molar-refractivity contribution in [1.29, 1.82) is 0 Å². The molecule has 170 valence electrons.